The largest absolute Gasteiger partial charge is 0.383 e. The number of rotatable bonds is 5. The molecule has 0 aromatic carbocycles. The fraction of sp³-hybridized carbons (Fsp3) is 0.923. The van der Waals surface area contributed by atoms with Crippen molar-refractivity contribution in [1.29, 1.82) is 0 Å². The molecule has 0 saturated carbocycles. The van der Waals surface area contributed by atoms with Crippen molar-refractivity contribution in [2.24, 2.45) is 11.7 Å². The lowest BCUT2D eigenvalue weighted by Gasteiger charge is -2.40. The molecule has 0 radical (unpaired) electrons. The van der Waals surface area contributed by atoms with Gasteiger partial charge in [-0.15, -0.1) is 0 Å². The summed E-state index contributed by atoms with van der Waals surface area (Å²) in [5.74, 6) is 0.603. The minimum Gasteiger partial charge on any atom is -0.383 e. The Labute approximate surface area is 104 Å². The van der Waals surface area contributed by atoms with Crippen LogP contribution in [0.4, 0.5) is 0 Å². The van der Waals surface area contributed by atoms with Crippen LogP contribution in [0.2, 0.25) is 0 Å². The van der Waals surface area contributed by atoms with Crippen LogP contribution >= 0.6 is 0 Å². The van der Waals surface area contributed by atoms with Gasteiger partial charge in [-0.05, 0) is 25.2 Å². The Hall–Kier alpha value is -0.610. The molecule has 1 saturated heterocycles. The van der Waals surface area contributed by atoms with Crippen molar-refractivity contribution in [2.45, 2.75) is 51.6 Å². The number of amides is 1. The number of carbonyl (C=O) groups is 1. The van der Waals surface area contributed by atoms with Gasteiger partial charge in [0.15, 0.2) is 0 Å². The first-order chi connectivity index (χ1) is 8.11. The predicted molar refractivity (Wildman–Crippen MR) is 68.7 cm³/mol. The van der Waals surface area contributed by atoms with Gasteiger partial charge < -0.3 is 15.4 Å². The molecule has 4 heteroatoms. The molecule has 1 amide bonds. The third-order valence-electron chi connectivity index (χ3n) is 3.80. The highest BCUT2D eigenvalue weighted by Gasteiger charge is 2.32. The maximum atomic E-state index is 12.2. The number of carbonyl (C=O) groups excluding carboxylic acids is 1. The van der Waals surface area contributed by atoms with Gasteiger partial charge in [0.2, 0.25) is 5.91 Å². The summed E-state index contributed by atoms with van der Waals surface area (Å²) in [5, 5.41) is 0. The zero-order valence-electron chi connectivity index (χ0n) is 11.3. The van der Waals surface area contributed by atoms with Crippen LogP contribution in [-0.4, -0.2) is 43.2 Å². The number of hydrogen-bond acceptors (Lipinski definition) is 3. The molecule has 100 valence electrons. The maximum Gasteiger partial charge on any atom is 0.242 e. The second-order valence-corrected chi connectivity index (χ2v) is 5.04. The molecular formula is C13H26N2O2. The van der Waals surface area contributed by atoms with Crippen LogP contribution in [0.5, 0.6) is 0 Å². The van der Waals surface area contributed by atoms with E-state index < -0.39 is 6.04 Å². The Bertz CT molecular complexity index is 246. The number of nitrogens with zero attached hydrogens (tertiary/aromatic N) is 1. The monoisotopic (exact) mass is 242 g/mol. The summed E-state index contributed by atoms with van der Waals surface area (Å²) in [7, 11) is 1.58. The first-order valence-corrected chi connectivity index (χ1v) is 6.66. The summed E-state index contributed by atoms with van der Waals surface area (Å²) in [6.45, 7) is 5.56. The van der Waals surface area contributed by atoms with E-state index >= 15 is 0 Å². The van der Waals surface area contributed by atoms with E-state index in [0.29, 0.717) is 18.6 Å². The fourth-order valence-electron chi connectivity index (χ4n) is 2.56. The number of piperidine rings is 1. The third kappa shape index (κ3) is 3.68. The SMILES string of the molecule is CCC(C)C1CCCCN1C(=O)C(N)COC. The quantitative estimate of drug-likeness (QED) is 0.792. The summed E-state index contributed by atoms with van der Waals surface area (Å²) < 4.78 is 4.97. The molecule has 1 aliphatic rings. The van der Waals surface area contributed by atoms with E-state index in [-0.39, 0.29) is 5.91 Å². The van der Waals surface area contributed by atoms with Gasteiger partial charge in [0.05, 0.1) is 6.61 Å². The van der Waals surface area contributed by atoms with Crippen LogP contribution in [-0.2, 0) is 9.53 Å². The van der Waals surface area contributed by atoms with Gasteiger partial charge in [0.25, 0.3) is 0 Å². The standard InChI is InChI=1S/C13H26N2O2/c1-4-10(2)12-7-5-6-8-15(12)13(16)11(14)9-17-3/h10-12H,4-9,14H2,1-3H3. The summed E-state index contributed by atoms with van der Waals surface area (Å²) in [6, 6.07) is -0.145. The lowest BCUT2D eigenvalue weighted by molar-refractivity contribution is -0.138. The molecular weight excluding hydrogens is 216 g/mol. The number of nitrogens with two attached hydrogens (primary N) is 1. The third-order valence-corrected chi connectivity index (χ3v) is 3.80. The average molecular weight is 242 g/mol. The van der Waals surface area contributed by atoms with Crippen molar-refractivity contribution in [2.75, 3.05) is 20.3 Å². The molecule has 0 spiro atoms. The zero-order valence-corrected chi connectivity index (χ0v) is 11.3. The van der Waals surface area contributed by atoms with Crippen molar-refractivity contribution in [3.63, 3.8) is 0 Å². The normalized spacial score (nSPS) is 24.5. The Balaban J connectivity index is 2.67. The summed E-state index contributed by atoms with van der Waals surface area (Å²) in [4.78, 5) is 14.2. The summed E-state index contributed by atoms with van der Waals surface area (Å²) >= 11 is 0. The molecule has 1 aliphatic heterocycles. The van der Waals surface area contributed by atoms with Gasteiger partial charge in [-0.3, -0.25) is 4.79 Å². The van der Waals surface area contributed by atoms with Crippen molar-refractivity contribution < 1.29 is 9.53 Å². The van der Waals surface area contributed by atoms with Crippen LogP contribution < -0.4 is 5.73 Å². The maximum absolute atomic E-state index is 12.2. The highest BCUT2D eigenvalue weighted by atomic mass is 16.5. The van der Waals surface area contributed by atoms with Crippen LogP contribution in [0.15, 0.2) is 0 Å². The minimum atomic E-state index is -0.510. The van der Waals surface area contributed by atoms with Gasteiger partial charge in [-0.25, -0.2) is 0 Å². The predicted octanol–water partition coefficient (Wildman–Crippen LogP) is 1.39. The van der Waals surface area contributed by atoms with Gasteiger partial charge in [0, 0.05) is 19.7 Å². The second kappa shape index (κ2) is 6.97. The summed E-state index contributed by atoms with van der Waals surface area (Å²) in [5.41, 5.74) is 5.85. The molecule has 0 aliphatic carbocycles. The lowest BCUT2D eigenvalue weighted by Crippen LogP contribution is -2.53. The van der Waals surface area contributed by atoms with Crippen LogP contribution in [0.3, 0.4) is 0 Å². The van der Waals surface area contributed by atoms with Crippen molar-refractivity contribution in [3.8, 4) is 0 Å². The average Bonchev–Trinajstić information content (AvgIpc) is 2.37. The lowest BCUT2D eigenvalue weighted by atomic mass is 9.89. The van der Waals surface area contributed by atoms with Crippen molar-refractivity contribution in [3.05, 3.63) is 0 Å². The van der Waals surface area contributed by atoms with E-state index in [9.17, 15) is 4.79 Å². The van der Waals surface area contributed by atoms with Gasteiger partial charge in [0.1, 0.15) is 6.04 Å². The van der Waals surface area contributed by atoms with E-state index in [1.54, 1.807) is 7.11 Å². The van der Waals surface area contributed by atoms with Crippen LogP contribution in [0, 0.1) is 5.92 Å². The van der Waals surface area contributed by atoms with E-state index in [2.05, 4.69) is 13.8 Å². The Kier molecular flexibility index (Phi) is 5.92. The Morgan fingerprint density at radius 3 is 2.82 bits per heavy atom. The first-order valence-electron chi connectivity index (χ1n) is 6.66. The van der Waals surface area contributed by atoms with Crippen molar-refractivity contribution >= 4 is 5.91 Å². The molecule has 3 atom stereocenters. The molecule has 17 heavy (non-hydrogen) atoms. The topological polar surface area (TPSA) is 55.6 Å². The molecule has 0 aromatic rings. The van der Waals surface area contributed by atoms with E-state index in [1.807, 2.05) is 4.90 Å². The van der Waals surface area contributed by atoms with Crippen molar-refractivity contribution in [1.82, 2.24) is 4.90 Å². The number of ether oxygens (including phenoxy) is 1. The van der Waals surface area contributed by atoms with Gasteiger partial charge >= 0.3 is 0 Å². The smallest absolute Gasteiger partial charge is 0.242 e. The Morgan fingerprint density at radius 1 is 1.53 bits per heavy atom. The van der Waals surface area contributed by atoms with E-state index in [0.717, 1.165) is 25.8 Å². The molecule has 4 nitrogen and oxygen atoms in total. The highest BCUT2D eigenvalue weighted by Crippen LogP contribution is 2.25. The molecule has 1 rings (SSSR count). The van der Waals surface area contributed by atoms with E-state index in [1.165, 1.54) is 6.42 Å². The molecule has 3 unspecified atom stereocenters. The number of methoxy groups -OCH3 is 1. The first kappa shape index (κ1) is 14.5. The van der Waals surface area contributed by atoms with Gasteiger partial charge in [-0.1, -0.05) is 20.3 Å². The second-order valence-electron chi connectivity index (χ2n) is 5.04. The highest BCUT2D eigenvalue weighted by molar-refractivity contribution is 5.82. The van der Waals surface area contributed by atoms with Crippen LogP contribution in [0.1, 0.15) is 39.5 Å². The minimum absolute atomic E-state index is 0.0526. The molecule has 0 bridgehead atoms. The van der Waals surface area contributed by atoms with Gasteiger partial charge in [-0.2, -0.15) is 0 Å². The molecule has 1 fully saturated rings. The molecule has 2 N–H and O–H groups in total. The summed E-state index contributed by atoms with van der Waals surface area (Å²) in [6.07, 6.45) is 4.53. The molecule has 1 heterocycles. The zero-order chi connectivity index (χ0) is 12.8. The molecule has 0 aromatic heterocycles. The Morgan fingerprint density at radius 2 is 2.24 bits per heavy atom. The van der Waals surface area contributed by atoms with Crippen LogP contribution in [0.25, 0.3) is 0 Å². The van der Waals surface area contributed by atoms with E-state index in [4.69, 9.17) is 10.5 Å². The number of hydrogen-bond donors (Lipinski definition) is 1. The number of likely N-dealkylation sites (tertiary alicyclic amines) is 1. The fourth-order valence-corrected chi connectivity index (χ4v) is 2.56.